The molecule has 0 spiro atoms. The van der Waals surface area contributed by atoms with Crippen LogP contribution >= 0.6 is 0 Å². The van der Waals surface area contributed by atoms with Gasteiger partial charge >= 0.3 is 11.9 Å². The highest BCUT2D eigenvalue weighted by molar-refractivity contribution is 6.02. The first-order valence-corrected chi connectivity index (χ1v) is 8.66. The average molecular weight is 318 g/mol. The van der Waals surface area contributed by atoms with Crippen LogP contribution in [0.4, 0.5) is 0 Å². The van der Waals surface area contributed by atoms with E-state index >= 15 is 0 Å². The van der Waals surface area contributed by atoms with Crippen molar-refractivity contribution in [1.29, 1.82) is 0 Å². The van der Waals surface area contributed by atoms with Gasteiger partial charge in [0.25, 0.3) is 0 Å². The molecule has 0 bridgehead atoms. The molecule has 1 aliphatic carbocycles. The summed E-state index contributed by atoms with van der Waals surface area (Å²) in [5, 5.41) is 9.23. The number of aromatic carboxylic acids is 1. The van der Waals surface area contributed by atoms with Crippen molar-refractivity contribution in [2.75, 3.05) is 0 Å². The number of carboxylic acid groups (broad SMARTS) is 1. The number of carboxylic acids is 1. The highest BCUT2D eigenvalue weighted by Gasteiger charge is 2.28. The smallest absolute Gasteiger partial charge is 0.339 e. The summed E-state index contributed by atoms with van der Waals surface area (Å²) < 4.78 is 5.77. The van der Waals surface area contributed by atoms with E-state index in [1.54, 1.807) is 12.1 Å². The molecular formula is C19H26O4. The van der Waals surface area contributed by atoms with E-state index in [1.165, 1.54) is 31.4 Å². The van der Waals surface area contributed by atoms with E-state index in [1.807, 2.05) is 0 Å². The third kappa shape index (κ3) is 4.81. The van der Waals surface area contributed by atoms with Gasteiger partial charge in [0.2, 0.25) is 0 Å². The maximum Gasteiger partial charge on any atom is 0.339 e. The summed E-state index contributed by atoms with van der Waals surface area (Å²) in [4.78, 5) is 23.8. The third-order valence-corrected chi connectivity index (χ3v) is 4.65. The van der Waals surface area contributed by atoms with Crippen molar-refractivity contribution < 1.29 is 19.4 Å². The Bertz CT molecular complexity index is 532. The van der Waals surface area contributed by atoms with Crippen LogP contribution in [0.3, 0.4) is 0 Å². The predicted molar refractivity (Wildman–Crippen MR) is 88.7 cm³/mol. The molecule has 0 heterocycles. The van der Waals surface area contributed by atoms with E-state index in [9.17, 15) is 14.7 Å². The Kier molecular flexibility index (Phi) is 6.63. The molecule has 0 amide bonds. The zero-order valence-electron chi connectivity index (χ0n) is 13.8. The first-order valence-electron chi connectivity index (χ1n) is 8.66. The average Bonchev–Trinajstić information content (AvgIpc) is 2.59. The molecule has 126 valence electrons. The van der Waals surface area contributed by atoms with Crippen molar-refractivity contribution >= 4 is 11.9 Å². The first kappa shape index (κ1) is 17.5. The minimum atomic E-state index is -1.10. The van der Waals surface area contributed by atoms with Crippen LogP contribution < -0.4 is 0 Å². The lowest BCUT2D eigenvalue weighted by atomic mass is 9.83. The number of carbonyl (C=O) groups is 2. The molecular weight excluding hydrogens is 292 g/mol. The van der Waals surface area contributed by atoms with E-state index in [4.69, 9.17) is 4.74 Å². The number of ether oxygens (including phenoxy) is 1. The first-order chi connectivity index (χ1) is 11.1. The molecule has 0 aromatic heterocycles. The van der Waals surface area contributed by atoms with Gasteiger partial charge in [0.1, 0.15) is 6.10 Å². The van der Waals surface area contributed by atoms with Crippen LogP contribution in [-0.2, 0) is 4.74 Å². The molecule has 1 aliphatic rings. The molecule has 1 atom stereocenters. The monoisotopic (exact) mass is 318 g/mol. The van der Waals surface area contributed by atoms with E-state index in [-0.39, 0.29) is 17.2 Å². The zero-order valence-corrected chi connectivity index (χ0v) is 13.8. The van der Waals surface area contributed by atoms with Crippen LogP contribution in [0.25, 0.3) is 0 Å². The van der Waals surface area contributed by atoms with Gasteiger partial charge in [0.15, 0.2) is 0 Å². The van der Waals surface area contributed by atoms with Gasteiger partial charge < -0.3 is 9.84 Å². The Morgan fingerprint density at radius 2 is 1.83 bits per heavy atom. The van der Waals surface area contributed by atoms with Crippen LogP contribution in [0.2, 0.25) is 0 Å². The maximum atomic E-state index is 12.5. The Morgan fingerprint density at radius 1 is 1.17 bits per heavy atom. The van der Waals surface area contributed by atoms with Gasteiger partial charge in [0.05, 0.1) is 11.1 Å². The number of rotatable bonds is 7. The summed E-state index contributed by atoms with van der Waals surface area (Å²) in [6, 6.07) is 6.27. The van der Waals surface area contributed by atoms with Gasteiger partial charge in [-0.05, 0) is 37.3 Å². The molecule has 23 heavy (non-hydrogen) atoms. The molecule has 1 aromatic rings. The van der Waals surface area contributed by atoms with Crippen LogP contribution in [0.5, 0.6) is 0 Å². The number of hydrogen-bond acceptors (Lipinski definition) is 3. The fourth-order valence-electron chi connectivity index (χ4n) is 3.35. The topological polar surface area (TPSA) is 63.6 Å². The Morgan fingerprint density at radius 3 is 2.43 bits per heavy atom. The second kappa shape index (κ2) is 8.70. The maximum absolute atomic E-state index is 12.5. The largest absolute Gasteiger partial charge is 0.478 e. The Balaban J connectivity index is 2.11. The summed E-state index contributed by atoms with van der Waals surface area (Å²) >= 11 is 0. The normalized spacial score (nSPS) is 16.7. The van der Waals surface area contributed by atoms with Gasteiger partial charge in [-0.3, -0.25) is 0 Å². The molecule has 0 aliphatic heterocycles. The van der Waals surface area contributed by atoms with Crippen LogP contribution in [-0.4, -0.2) is 23.1 Å². The van der Waals surface area contributed by atoms with E-state index in [0.29, 0.717) is 5.92 Å². The Labute approximate surface area is 137 Å². The van der Waals surface area contributed by atoms with Gasteiger partial charge in [-0.15, -0.1) is 0 Å². The number of carbonyl (C=O) groups excluding carboxylic acids is 1. The van der Waals surface area contributed by atoms with Crippen molar-refractivity contribution in [1.82, 2.24) is 0 Å². The molecule has 0 saturated heterocycles. The lowest BCUT2D eigenvalue weighted by molar-refractivity contribution is 0.00379. The third-order valence-electron chi connectivity index (χ3n) is 4.65. The summed E-state index contributed by atoms with van der Waals surface area (Å²) in [7, 11) is 0. The lowest BCUT2D eigenvalue weighted by Gasteiger charge is -2.30. The predicted octanol–water partition coefficient (Wildman–Crippen LogP) is 4.68. The number of unbranched alkanes of at least 4 members (excludes halogenated alkanes) is 1. The number of hydrogen-bond donors (Lipinski definition) is 1. The fourth-order valence-corrected chi connectivity index (χ4v) is 3.35. The van der Waals surface area contributed by atoms with E-state index in [2.05, 4.69) is 6.92 Å². The molecule has 1 aromatic carbocycles. The van der Waals surface area contributed by atoms with Crippen molar-refractivity contribution in [3.05, 3.63) is 35.4 Å². The number of benzene rings is 1. The molecule has 2 rings (SSSR count). The van der Waals surface area contributed by atoms with E-state index in [0.717, 1.165) is 32.1 Å². The second-order valence-electron chi connectivity index (χ2n) is 6.33. The summed E-state index contributed by atoms with van der Waals surface area (Å²) in [5.41, 5.74) is 0.160. The molecule has 0 unspecified atom stereocenters. The van der Waals surface area contributed by atoms with Crippen molar-refractivity contribution in [3.63, 3.8) is 0 Å². The molecule has 1 fully saturated rings. The van der Waals surface area contributed by atoms with Crippen LogP contribution in [0, 0.1) is 5.92 Å². The van der Waals surface area contributed by atoms with Gasteiger partial charge in [-0.25, -0.2) is 9.59 Å². The van der Waals surface area contributed by atoms with Crippen molar-refractivity contribution in [3.8, 4) is 0 Å². The number of esters is 1. The minimum absolute atomic E-state index is 0.00962. The zero-order chi connectivity index (χ0) is 16.7. The second-order valence-corrected chi connectivity index (χ2v) is 6.33. The van der Waals surface area contributed by atoms with Gasteiger partial charge in [-0.2, -0.15) is 0 Å². The van der Waals surface area contributed by atoms with Crippen LogP contribution in [0.15, 0.2) is 24.3 Å². The molecule has 0 radical (unpaired) electrons. The molecule has 4 nitrogen and oxygen atoms in total. The fraction of sp³-hybridized carbons (Fsp3) is 0.579. The van der Waals surface area contributed by atoms with Crippen molar-refractivity contribution in [2.45, 2.75) is 64.4 Å². The SMILES string of the molecule is CCCC[C@@H](OC(=O)c1ccccc1C(=O)O)C1CCCCC1. The summed E-state index contributed by atoms with van der Waals surface area (Å²) in [6.45, 7) is 2.12. The summed E-state index contributed by atoms with van der Waals surface area (Å²) in [6.07, 6.45) is 8.69. The van der Waals surface area contributed by atoms with Crippen LogP contribution in [0.1, 0.15) is 79.0 Å². The van der Waals surface area contributed by atoms with Gasteiger partial charge in [0, 0.05) is 0 Å². The highest BCUT2D eigenvalue weighted by Crippen LogP contribution is 2.31. The summed E-state index contributed by atoms with van der Waals surface area (Å²) in [5.74, 6) is -1.19. The molecule has 1 saturated carbocycles. The van der Waals surface area contributed by atoms with Gasteiger partial charge in [-0.1, -0.05) is 51.2 Å². The quantitative estimate of drug-likeness (QED) is 0.741. The lowest BCUT2D eigenvalue weighted by Crippen LogP contribution is -2.29. The molecule has 1 N–H and O–H groups in total. The highest BCUT2D eigenvalue weighted by atomic mass is 16.5. The minimum Gasteiger partial charge on any atom is -0.478 e. The Hall–Kier alpha value is -1.84. The van der Waals surface area contributed by atoms with E-state index < -0.39 is 11.9 Å². The standard InChI is InChI=1S/C19H26O4/c1-2-3-13-17(14-9-5-4-6-10-14)23-19(22)16-12-8-7-11-15(16)18(20)21/h7-8,11-12,14,17H,2-6,9-10,13H2,1H3,(H,20,21)/t17-/m1/s1. The molecule has 4 heteroatoms. The van der Waals surface area contributed by atoms with Crippen molar-refractivity contribution in [2.24, 2.45) is 5.92 Å².